The molecule has 0 spiro atoms. The van der Waals surface area contributed by atoms with E-state index in [0.717, 1.165) is 10.5 Å². The van der Waals surface area contributed by atoms with Crippen molar-refractivity contribution in [2.75, 3.05) is 25.6 Å². The van der Waals surface area contributed by atoms with Gasteiger partial charge in [0, 0.05) is 36.7 Å². The first-order chi connectivity index (χ1) is 12.2. The van der Waals surface area contributed by atoms with E-state index in [0.29, 0.717) is 30.3 Å². The Labute approximate surface area is 150 Å². The van der Waals surface area contributed by atoms with Crippen molar-refractivity contribution in [2.45, 2.75) is 11.3 Å². The first-order valence-corrected chi connectivity index (χ1v) is 8.69. The Morgan fingerprint density at radius 3 is 2.84 bits per heavy atom. The molecule has 0 radical (unpaired) electrons. The van der Waals surface area contributed by atoms with Crippen LogP contribution in [0.3, 0.4) is 0 Å². The molecule has 6 nitrogen and oxygen atoms in total. The van der Waals surface area contributed by atoms with Crippen molar-refractivity contribution in [3.63, 3.8) is 0 Å². The van der Waals surface area contributed by atoms with Crippen molar-refractivity contribution >= 4 is 29.4 Å². The molecule has 0 bridgehead atoms. The SMILES string of the molecule is CN1Sc2ccccc2C(OCCCO)=C1C(=O)Nc1ccccn1. The Hall–Kier alpha value is -2.51. The normalized spacial score (nSPS) is 13.4. The number of carbonyl (C=O) groups is 1. The van der Waals surface area contributed by atoms with Crippen molar-refractivity contribution in [3.05, 3.63) is 59.9 Å². The fraction of sp³-hybridized carbons (Fsp3) is 0.222. The molecule has 0 saturated heterocycles. The number of hydrogen-bond donors (Lipinski definition) is 2. The second-order valence-electron chi connectivity index (χ2n) is 5.36. The maximum atomic E-state index is 12.8. The minimum Gasteiger partial charge on any atom is -0.490 e. The average Bonchev–Trinajstić information content (AvgIpc) is 2.62. The van der Waals surface area contributed by atoms with Gasteiger partial charge in [-0.2, -0.15) is 0 Å². The Bertz CT molecular complexity index is 780. The number of ether oxygens (including phenoxy) is 1. The fourth-order valence-electron chi connectivity index (χ4n) is 2.44. The fourth-order valence-corrected chi connectivity index (χ4v) is 3.39. The maximum Gasteiger partial charge on any atom is 0.277 e. The minimum atomic E-state index is -0.290. The van der Waals surface area contributed by atoms with E-state index in [2.05, 4.69) is 10.3 Å². The summed E-state index contributed by atoms with van der Waals surface area (Å²) in [5, 5.41) is 11.8. The number of amides is 1. The zero-order valence-electron chi connectivity index (χ0n) is 13.8. The number of carbonyl (C=O) groups excluding carboxylic acids is 1. The molecule has 0 unspecified atom stereocenters. The van der Waals surface area contributed by atoms with Crippen LogP contribution in [0.1, 0.15) is 12.0 Å². The number of nitrogens with one attached hydrogen (secondary N) is 1. The summed E-state index contributed by atoms with van der Waals surface area (Å²) in [5.41, 5.74) is 1.29. The third-order valence-electron chi connectivity index (χ3n) is 3.57. The summed E-state index contributed by atoms with van der Waals surface area (Å²) >= 11 is 1.47. The van der Waals surface area contributed by atoms with Gasteiger partial charge in [0.15, 0.2) is 11.5 Å². The summed E-state index contributed by atoms with van der Waals surface area (Å²) < 4.78 is 7.66. The minimum absolute atomic E-state index is 0.0367. The molecule has 0 aliphatic carbocycles. The van der Waals surface area contributed by atoms with E-state index in [9.17, 15) is 4.79 Å². The van der Waals surface area contributed by atoms with Gasteiger partial charge in [0.2, 0.25) is 0 Å². The monoisotopic (exact) mass is 357 g/mol. The van der Waals surface area contributed by atoms with Crippen LogP contribution in [-0.4, -0.2) is 40.6 Å². The van der Waals surface area contributed by atoms with Gasteiger partial charge in [-0.05, 0) is 36.2 Å². The number of hydrogen-bond acceptors (Lipinski definition) is 6. The van der Waals surface area contributed by atoms with Gasteiger partial charge < -0.3 is 19.5 Å². The van der Waals surface area contributed by atoms with E-state index in [4.69, 9.17) is 9.84 Å². The van der Waals surface area contributed by atoms with Crippen LogP contribution in [0.15, 0.2) is 59.3 Å². The molecule has 1 aromatic carbocycles. The third kappa shape index (κ3) is 3.94. The molecule has 3 rings (SSSR count). The molecule has 0 fully saturated rings. The number of rotatable bonds is 6. The smallest absolute Gasteiger partial charge is 0.277 e. The van der Waals surface area contributed by atoms with E-state index >= 15 is 0 Å². The maximum absolute atomic E-state index is 12.8. The highest BCUT2D eigenvalue weighted by Crippen LogP contribution is 2.40. The molecular weight excluding hydrogens is 338 g/mol. The van der Waals surface area contributed by atoms with Crippen LogP contribution >= 0.6 is 11.9 Å². The number of likely N-dealkylation sites (N-methyl/N-ethyl adjacent to an activating group) is 1. The van der Waals surface area contributed by atoms with Crippen molar-refractivity contribution in [1.29, 1.82) is 0 Å². The molecule has 2 heterocycles. The predicted molar refractivity (Wildman–Crippen MR) is 97.5 cm³/mol. The quantitative estimate of drug-likeness (QED) is 0.612. The van der Waals surface area contributed by atoms with Gasteiger partial charge in [-0.3, -0.25) is 4.79 Å². The van der Waals surface area contributed by atoms with E-state index in [1.165, 1.54) is 11.9 Å². The van der Waals surface area contributed by atoms with Crippen LogP contribution in [0.2, 0.25) is 0 Å². The number of benzene rings is 1. The molecule has 130 valence electrons. The first kappa shape index (κ1) is 17.3. The summed E-state index contributed by atoms with van der Waals surface area (Å²) in [6, 6.07) is 13.1. The second kappa shape index (κ2) is 8.04. The lowest BCUT2D eigenvalue weighted by atomic mass is 10.1. The van der Waals surface area contributed by atoms with Crippen LogP contribution in [0, 0.1) is 0 Å². The van der Waals surface area contributed by atoms with Gasteiger partial charge in [-0.25, -0.2) is 4.98 Å². The highest BCUT2D eigenvalue weighted by Gasteiger charge is 2.30. The molecule has 7 heteroatoms. The molecule has 2 N–H and O–H groups in total. The van der Waals surface area contributed by atoms with Crippen LogP contribution < -0.4 is 5.32 Å². The number of aliphatic hydroxyl groups excluding tert-OH is 1. The van der Waals surface area contributed by atoms with Crippen LogP contribution in [0.5, 0.6) is 0 Å². The average molecular weight is 357 g/mol. The molecule has 2 aromatic rings. The molecule has 1 aromatic heterocycles. The van der Waals surface area contributed by atoms with Crippen LogP contribution in [0.25, 0.3) is 5.76 Å². The number of anilines is 1. The molecule has 0 saturated carbocycles. The van der Waals surface area contributed by atoms with E-state index < -0.39 is 0 Å². The van der Waals surface area contributed by atoms with Gasteiger partial charge in [0.05, 0.1) is 6.61 Å². The Morgan fingerprint density at radius 2 is 2.08 bits per heavy atom. The molecule has 1 amide bonds. The lowest BCUT2D eigenvalue weighted by Gasteiger charge is -2.29. The standard InChI is InChI=1S/C18H19N3O3S/c1-21-16(18(23)20-15-9-4-5-10-19-15)17(24-12-6-11-22)13-7-2-3-8-14(13)25-21/h2-5,7-10,22H,6,11-12H2,1H3,(H,19,20,23). The van der Waals surface area contributed by atoms with Crippen molar-refractivity contribution < 1.29 is 14.6 Å². The van der Waals surface area contributed by atoms with E-state index in [1.54, 1.807) is 22.6 Å². The van der Waals surface area contributed by atoms with Gasteiger partial charge in [0.25, 0.3) is 5.91 Å². The number of aliphatic hydroxyl groups is 1. The van der Waals surface area contributed by atoms with Gasteiger partial charge in [0.1, 0.15) is 5.82 Å². The van der Waals surface area contributed by atoms with Gasteiger partial charge in [-0.1, -0.05) is 18.2 Å². The summed E-state index contributed by atoms with van der Waals surface area (Å²) in [7, 11) is 1.82. The largest absolute Gasteiger partial charge is 0.490 e. The first-order valence-electron chi connectivity index (χ1n) is 7.92. The Kier molecular flexibility index (Phi) is 5.57. The lowest BCUT2D eigenvalue weighted by Crippen LogP contribution is -2.28. The van der Waals surface area contributed by atoms with Crippen LogP contribution in [-0.2, 0) is 9.53 Å². The zero-order chi connectivity index (χ0) is 17.6. The topological polar surface area (TPSA) is 74.7 Å². The van der Waals surface area contributed by atoms with Crippen molar-refractivity contribution in [3.8, 4) is 0 Å². The summed E-state index contributed by atoms with van der Waals surface area (Å²) in [6.07, 6.45) is 2.12. The van der Waals surface area contributed by atoms with Crippen molar-refractivity contribution in [2.24, 2.45) is 0 Å². The number of pyridine rings is 1. The molecule has 1 aliphatic heterocycles. The highest BCUT2D eigenvalue weighted by molar-refractivity contribution is 7.97. The van der Waals surface area contributed by atoms with Crippen LogP contribution in [0.4, 0.5) is 5.82 Å². The molecule has 0 atom stereocenters. The number of nitrogens with zero attached hydrogens (tertiary/aromatic N) is 2. The predicted octanol–water partition coefficient (Wildman–Crippen LogP) is 2.74. The summed E-state index contributed by atoms with van der Waals surface area (Å²) in [6.45, 7) is 0.369. The third-order valence-corrected chi connectivity index (χ3v) is 4.58. The number of aromatic nitrogens is 1. The van der Waals surface area contributed by atoms with Gasteiger partial charge >= 0.3 is 0 Å². The molecule has 1 aliphatic rings. The zero-order valence-corrected chi connectivity index (χ0v) is 14.6. The second-order valence-corrected chi connectivity index (χ2v) is 6.53. The summed E-state index contributed by atoms with van der Waals surface area (Å²) in [4.78, 5) is 18.0. The lowest BCUT2D eigenvalue weighted by molar-refractivity contribution is -0.113. The molecule has 25 heavy (non-hydrogen) atoms. The highest BCUT2D eigenvalue weighted by atomic mass is 32.2. The molecular formula is C18H19N3O3S. The van der Waals surface area contributed by atoms with E-state index in [1.807, 2.05) is 37.4 Å². The number of fused-ring (bicyclic) bond motifs is 1. The Balaban J connectivity index is 1.96. The van der Waals surface area contributed by atoms with Gasteiger partial charge in [-0.15, -0.1) is 0 Å². The Morgan fingerprint density at radius 1 is 1.28 bits per heavy atom. The van der Waals surface area contributed by atoms with Crippen molar-refractivity contribution in [1.82, 2.24) is 9.29 Å². The summed E-state index contributed by atoms with van der Waals surface area (Å²) in [5.74, 6) is 0.702. The van der Waals surface area contributed by atoms with E-state index in [-0.39, 0.29) is 12.5 Å².